The first kappa shape index (κ1) is 97.1. The maximum Gasteiger partial charge on any atom is 0.472 e. The van der Waals surface area contributed by atoms with Crippen LogP contribution in [0.2, 0.25) is 0 Å². The van der Waals surface area contributed by atoms with E-state index in [1.165, 1.54) is 238 Å². The second kappa shape index (κ2) is 73.0. The molecule has 0 spiro atoms. The summed E-state index contributed by atoms with van der Waals surface area (Å²) in [7, 11) is -9.90. The number of aliphatic hydroxyl groups is 1. The normalized spacial score (nSPS) is 14.1. The maximum atomic E-state index is 13.1. The number of phosphoric acid groups is 2. The summed E-state index contributed by atoms with van der Waals surface area (Å²) >= 11 is 0. The standard InChI is InChI=1S/C80H156O17P2/c1-6-10-13-16-19-22-23-24-25-26-27-28-29-33-36-39-42-45-50-54-59-64-78(83)91-70-76(97-80(85)66-61-56-51-46-43-40-37-34-31-30-32-35-38-41-44-47-52-57-62-73(5)9-4)72-95-99(88,89)93-68-74(81)67-92-98(86,87)94-71-75(96-79(84)65-60-55-49-21-18-15-12-8-3)69-90-77(82)63-58-53-48-20-17-14-11-7-2/h73-76,81H,6-72H2,1-5H3,(H,86,87)(H,88,89)/t73?,74-,75+,76+/m0/s1. The van der Waals surface area contributed by atoms with Crippen molar-refractivity contribution in [3.63, 3.8) is 0 Å². The highest BCUT2D eigenvalue weighted by Gasteiger charge is 2.30. The lowest BCUT2D eigenvalue weighted by atomic mass is 9.99. The van der Waals surface area contributed by atoms with Crippen LogP contribution in [-0.4, -0.2) is 96.7 Å². The molecule has 0 bridgehead atoms. The Morgan fingerprint density at radius 3 is 0.717 bits per heavy atom. The van der Waals surface area contributed by atoms with Crippen LogP contribution >= 0.6 is 15.6 Å². The average Bonchev–Trinajstić information content (AvgIpc) is 1.06. The van der Waals surface area contributed by atoms with Crippen molar-refractivity contribution in [2.75, 3.05) is 39.6 Å². The number of unbranched alkanes of at least 4 members (excludes halogenated alkanes) is 51. The van der Waals surface area contributed by atoms with Gasteiger partial charge in [-0.3, -0.25) is 37.3 Å². The van der Waals surface area contributed by atoms with Gasteiger partial charge in [-0.05, 0) is 31.6 Å². The molecule has 6 atom stereocenters. The summed E-state index contributed by atoms with van der Waals surface area (Å²) in [6, 6.07) is 0. The van der Waals surface area contributed by atoms with Crippen LogP contribution in [0.4, 0.5) is 0 Å². The SMILES string of the molecule is CCCCCCCCCCCCCCCCCCCCCCCC(=O)OC[C@H](COP(=O)(O)OC[C@@H](O)COP(=O)(O)OC[C@@H](COC(=O)CCCCCCCCCC)OC(=O)CCCCCCCCCC)OC(=O)CCCCCCCCCCCCCCCCCCCCC(C)CC. The number of ether oxygens (including phenoxy) is 4. The van der Waals surface area contributed by atoms with Crippen molar-refractivity contribution in [2.45, 2.75) is 445 Å². The fourth-order valence-electron chi connectivity index (χ4n) is 12.4. The molecule has 17 nitrogen and oxygen atoms in total. The van der Waals surface area contributed by atoms with E-state index in [-0.39, 0.29) is 25.7 Å². The molecule has 0 aromatic heterocycles. The van der Waals surface area contributed by atoms with Crippen LogP contribution in [0.3, 0.4) is 0 Å². The lowest BCUT2D eigenvalue weighted by molar-refractivity contribution is -0.161. The Labute approximate surface area is 607 Å². The maximum absolute atomic E-state index is 13.1. The topological polar surface area (TPSA) is 237 Å². The molecular formula is C80H156O17P2. The Bertz CT molecular complexity index is 1890. The molecule has 0 aromatic rings. The lowest BCUT2D eigenvalue weighted by Gasteiger charge is -2.21. The predicted molar refractivity (Wildman–Crippen MR) is 405 cm³/mol. The highest BCUT2D eigenvalue weighted by Crippen LogP contribution is 2.45. The monoisotopic (exact) mass is 1450 g/mol. The number of carbonyl (C=O) groups excluding carboxylic acids is 4. The second-order valence-corrected chi connectivity index (χ2v) is 32.0. The number of hydrogen-bond acceptors (Lipinski definition) is 15. The largest absolute Gasteiger partial charge is 0.472 e. The first-order valence-corrected chi connectivity index (χ1v) is 44.7. The molecule has 0 saturated heterocycles. The highest BCUT2D eigenvalue weighted by molar-refractivity contribution is 7.47. The summed E-state index contributed by atoms with van der Waals surface area (Å²) in [6.45, 7) is 7.32. The summed E-state index contributed by atoms with van der Waals surface area (Å²) in [5, 5.41) is 10.6. The highest BCUT2D eigenvalue weighted by atomic mass is 31.2. The molecule has 0 fully saturated rings. The molecular weight excluding hydrogens is 1290 g/mol. The van der Waals surface area contributed by atoms with Crippen molar-refractivity contribution in [1.29, 1.82) is 0 Å². The zero-order valence-electron chi connectivity index (χ0n) is 64.6. The molecule has 0 aromatic carbocycles. The van der Waals surface area contributed by atoms with Gasteiger partial charge in [0.15, 0.2) is 12.2 Å². The minimum Gasteiger partial charge on any atom is -0.462 e. The van der Waals surface area contributed by atoms with E-state index in [0.717, 1.165) is 109 Å². The zero-order chi connectivity index (χ0) is 72.7. The van der Waals surface area contributed by atoms with Gasteiger partial charge in [-0.15, -0.1) is 0 Å². The fourth-order valence-corrected chi connectivity index (χ4v) is 14.0. The van der Waals surface area contributed by atoms with Crippen molar-refractivity contribution in [3.05, 3.63) is 0 Å². The summed E-state index contributed by atoms with van der Waals surface area (Å²) in [5.41, 5.74) is 0. The van der Waals surface area contributed by atoms with E-state index in [4.69, 9.17) is 37.0 Å². The number of rotatable bonds is 80. The molecule has 99 heavy (non-hydrogen) atoms. The second-order valence-electron chi connectivity index (χ2n) is 29.1. The van der Waals surface area contributed by atoms with Gasteiger partial charge in [0.05, 0.1) is 26.4 Å². The van der Waals surface area contributed by atoms with Gasteiger partial charge < -0.3 is 33.8 Å². The molecule has 0 aliphatic carbocycles. The first-order chi connectivity index (χ1) is 48.1. The average molecular weight is 1450 g/mol. The fraction of sp³-hybridized carbons (Fsp3) is 0.950. The van der Waals surface area contributed by atoms with E-state index in [1.807, 2.05) is 0 Å². The summed E-state index contributed by atoms with van der Waals surface area (Å²) in [5.74, 6) is -1.25. The van der Waals surface area contributed by atoms with Crippen LogP contribution in [0.25, 0.3) is 0 Å². The van der Waals surface area contributed by atoms with E-state index in [2.05, 4.69) is 34.6 Å². The minimum absolute atomic E-state index is 0.105. The van der Waals surface area contributed by atoms with Gasteiger partial charge in [0.2, 0.25) is 0 Å². The van der Waals surface area contributed by atoms with Crippen molar-refractivity contribution < 1.29 is 80.2 Å². The third-order valence-electron chi connectivity index (χ3n) is 19.1. The molecule has 0 saturated carbocycles. The number of aliphatic hydroxyl groups excluding tert-OH is 1. The van der Waals surface area contributed by atoms with E-state index >= 15 is 0 Å². The number of phosphoric ester groups is 2. The smallest absolute Gasteiger partial charge is 0.462 e. The third-order valence-corrected chi connectivity index (χ3v) is 21.0. The zero-order valence-corrected chi connectivity index (χ0v) is 66.4. The van der Waals surface area contributed by atoms with E-state index < -0.39 is 97.5 Å². The van der Waals surface area contributed by atoms with Crippen molar-refractivity contribution in [2.24, 2.45) is 5.92 Å². The van der Waals surface area contributed by atoms with Gasteiger partial charge in [0.25, 0.3) is 0 Å². The Kier molecular flexibility index (Phi) is 71.6. The molecule has 0 rings (SSSR count). The number of esters is 4. The van der Waals surface area contributed by atoms with Crippen LogP contribution in [0.5, 0.6) is 0 Å². The van der Waals surface area contributed by atoms with Crippen LogP contribution in [0, 0.1) is 5.92 Å². The van der Waals surface area contributed by atoms with Crippen LogP contribution in [0.15, 0.2) is 0 Å². The molecule has 0 aliphatic heterocycles. The summed E-state index contributed by atoms with van der Waals surface area (Å²) in [4.78, 5) is 72.7. The van der Waals surface area contributed by atoms with Gasteiger partial charge in [0.1, 0.15) is 19.3 Å². The van der Waals surface area contributed by atoms with E-state index in [1.54, 1.807) is 0 Å². The van der Waals surface area contributed by atoms with E-state index in [0.29, 0.717) is 25.7 Å². The first-order valence-electron chi connectivity index (χ1n) is 41.7. The van der Waals surface area contributed by atoms with Gasteiger partial charge in [0, 0.05) is 25.7 Å². The Hall–Kier alpha value is -1.94. The Morgan fingerprint density at radius 2 is 0.485 bits per heavy atom. The van der Waals surface area contributed by atoms with Crippen LogP contribution < -0.4 is 0 Å². The number of hydrogen-bond donors (Lipinski definition) is 3. The van der Waals surface area contributed by atoms with Crippen LogP contribution in [0.1, 0.15) is 426 Å². The lowest BCUT2D eigenvalue weighted by Crippen LogP contribution is -2.30. The minimum atomic E-state index is -4.96. The quantitative estimate of drug-likeness (QED) is 0.0222. The third kappa shape index (κ3) is 72.8. The molecule has 0 radical (unpaired) electrons. The van der Waals surface area contributed by atoms with Crippen molar-refractivity contribution in [1.82, 2.24) is 0 Å². The summed E-state index contributed by atoms with van der Waals surface area (Å²) < 4.78 is 68.4. The Morgan fingerprint density at radius 1 is 0.283 bits per heavy atom. The van der Waals surface area contributed by atoms with Gasteiger partial charge in [-0.2, -0.15) is 0 Å². The summed E-state index contributed by atoms with van der Waals surface area (Å²) in [6.07, 6.45) is 64.2. The van der Waals surface area contributed by atoms with E-state index in [9.17, 15) is 43.2 Å². The van der Waals surface area contributed by atoms with Crippen molar-refractivity contribution >= 4 is 39.5 Å². The van der Waals surface area contributed by atoms with Crippen molar-refractivity contribution in [3.8, 4) is 0 Å². The van der Waals surface area contributed by atoms with Crippen LogP contribution in [-0.2, 0) is 65.4 Å². The van der Waals surface area contributed by atoms with Gasteiger partial charge in [-0.1, -0.05) is 375 Å². The van der Waals surface area contributed by atoms with Gasteiger partial charge >= 0.3 is 39.5 Å². The van der Waals surface area contributed by atoms with Gasteiger partial charge in [-0.25, -0.2) is 9.13 Å². The molecule has 0 heterocycles. The molecule has 588 valence electrons. The molecule has 0 amide bonds. The predicted octanol–water partition coefficient (Wildman–Crippen LogP) is 24.0. The molecule has 3 unspecified atom stereocenters. The number of carbonyl (C=O) groups is 4. The Balaban J connectivity index is 5.11. The molecule has 3 N–H and O–H groups in total. The molecule has 19 heteroatoms. The molecule has 0 aliphatic rings.